The van der Waals surface area contributed by atoms with Gasteiger partial charge in [0.2, 0.25) is 0 Å². The average Bonchev–Trinajstić information content (AvgIpc) is 2.94. The lowest BCUT2D eigenvalue weighted by molar-refractivity contribution is 1.49. The third-order valence-electron chi connectivity index (χ3n) is 5.09. The maximum absolute atomic E-state index is 2.26. The molecule has 4 aromatic carbocycles. The second-order valence-corrected chi connectivity index (χ2v) is 6.06. The maximum Gasteiger partial charge on any atom is -0.00139 e. The maximum atomic E-state index is 2.26. The summed E-state index contributed by atoms with van der Waals surface area (Å²) in [6, 6.07) is 18.1. The van der Waals surface area contributed by atoms with Crippen LogP contribution >= 0.6 is 0 Å². The summed E-state index contributed by atoms with van der Waals surface area (Å²) >= 11 is 0. The minimum Gasteiger partial charge on any atom is -0.0797 e. The highest BCUT2D eigenvalue weighted by atomic mass is 14.2. The van der Waals surface area contributed by atoms with Crippen molar-refractivity contribution >= 4 is 44.5 Å². The van der Waals surface area contributed by atoms with Crippen molar-refractivity contribution in [2.75, 3.05) is 0 Å². The van der Waals surface area contributed by atoms with Crippen molar-refractivity contribution < 1.29 is 0 Å². The molecule has 22 heavy (non-hydrogen) atoms. The molecule has 1 aliphatic rings. The van der Waals surface area contributed by atoms with E-state index in [1.807, 2.05) is 0 Å². The minimum absolute atomic E-state index is 1.34. The molecule has 104 valence electrons. The Morgan fingerprint density at radius 2 is 0.864 bits per heavy atom. The van der Waals surface area contributed by atoms with Crippen LogP contribution in [0.3, 0.4) is 0 Å². The second kappa shape index (κ2) is 3.98. The summed E-state index contributed by atoms with van der Waals surface area (Å²) in [5.74, 6) is 0. The number of hydrogen-bond donors (Lipinski definition) is 0. The summed E-state index contributed by atoms with van der Waals surface area (Å²) in [5, 5.41) is 13.9. The Hall–Kier alpha value is -2.60. The SMILES string of the molecule is C/C=c1/ccc2ccc3ccc4cc/c(=C/C)c5c4c3c2c1=5. The molecule has 0 nitrogen and oxygen atoms in total. The van der Waals surface area contributed by atoms with Gasteiger partial charge in [-0.3, -0.25) is 0 Å². The molecular formula is C22H16. The van der Waals surface area contributed by atoms with Gasteiger partial charge in [0.15, 0.2) is 0 Å². The highest BCUT2D eigenvalue weighted by Crippen LogP contribution is 2.35. The fourth-order valence-corrected chi connectivity index (χ4v) is 4.10. The molecule has 0 unspecified atom stereocenters. The predicted octanol–water partition coefficient (Wildman–Crippen LogP) is 4.35. The van der Waals surface area contributed by atoms with Crippen molar-refractivity contribution in [3.05, 3.63) is 69.4 Å². The fraction of sp³-hybridized carbons (Fsp3) is 0.0909. The molecule has 0 fully saturated rings. The molecule has 0 saturated heterocycles. The van der Waals surface area contributed by atoms with Gasteiger partial charge in [-0.2, -0.15) is 0 Å². The van der Waals surface area contributed by atoms with Crippen molar-refractivity contribution in [1.29, 1.82) is 0 Å². The topological polar surface area (TPSA) is 0 Å². The first-order valence-electron chi connectivity index (χ1n) is 7.87. The molecule has 0 spiro atoms. The Morgan fingerprint density at radius 1 is 0.500 bits per heavy atom. The van der Waals surface area contributed by atoms with Crippen LogP contribution in [0, 0.1) is 10.4 Å². The standard InChI is InChI=1S/C22H16/c1-3-13-5-7-15-9-11-17-12-10-16-8-6-14(4-2)19-18(13)20(15)22(17)21(16)19/h3-12H,1-2H3/b13-3-,14-4-. The Labute approximate surface area is 128 Å². The van der Waals surface area contributed by atoms with E-state index >= 15 is 0 Å². The molecule has 1 aliphatic carbocycles. The molecular weight excluding hydrogens is 264 g/mol. The van der Waals surface area contributed by atoms with Crippen LogP contribution < -0.4 is 10.4 Å². The van der Waals surface area contributed by atoms with Gasteiger partial charge in [0.05, 0.1) is 0 Å². The lowest BCUT2D eigenvalue weighted by Crippen LogP contribution is -2.07. The summed E-state index contributed by atoms with van der Waals surface area (Å²) in [7, 11) is 0. The summed E-state index contributed by atoms with van der Waals surface area (Å²) in [6.45, 7) is 4.27. The molecule has 0 heteroatoms. The van der Waals surface area contributed by atoms with Crippen molar-refractivity contribution in [2.45, 2.75) is 13.8 Å². The Morgan fingerprint density at radius 3 is 1.27 bits per heavy atom. The zero-order chi connectivity index (χ0) is 14.8. The van der Waals surface area contributed by atoms with Crippen LogP contribution in [0.2, 0.25) is 0 Å². The number of rotatable bonds is 0. The summed E-state index contributed by atoms with van der Waals surface area (Å²) in [4.78, 5) is 0. The second-order valence-electron chi connectivity index (χ2n) is 6.06. The quantitative estimate of drug-likeness (QED) is 0.370. The van der Waals surface area contributed by atoms with Gasteiger partial charge in [0.1, 0.15) is 0 Å². The lowest BCUT2D eigenvalue weighted by atomic mass is 9.99. The van der Waals surface area contributed by atoms with E-state index in [1.54, 1.807) is 0 Å². The molecule has 0 radical (unpaired) electrons. The molecule has 0 heterocycles. The third kappa shape index (κ3) is 1.24. The Kier molecular flexibility index (Phi) is 2.17. The highest BCUT2D eigenvalue weighted by Gasteiger charge is 2.14. The van der Waals surface area contributed by atoms with E-state index in [2.05, 4.69) is 74.5 Å². The molecule has 4 aromatic rings. The predicted molar refractivity (Wildman–Crippen MR) is 96.2 cm³/mol. The minimum atomic E-state index is 1.34. The van der Waals surface area contributed by atoms with Crippen molar-refractivity contribution in [2.24, 2.45) is 0 Å². The normalized spacial score (nSPS) is 14.5. The van der Waals surface area contributed by atoms with Crippen LogP contribution in [0.25, 0.3) is 44.5 Å². The van der Waals surface area contributed by atoms with E-state index in [9.17, 15) is 0 Å². The van der Waals surface area contributed by atoms with E-state index in [0.29, 0.717) is 0 Å². The van der Waals surface area contributed by atoms with E-state index in [-0.39, 0.29) is 0 Å². The largest absolute Gasteiger partial charge is 0.0797 e. The monoisotopic (exact) mass is 280 g/mol. The summed E-state index contributed by atoms with van der Waals surface area (Å²) in [6.07, 6.45) is 4.47. The molecule has 0 N–H and O–H groups in total. The van der Waals surface area contributed by atoms with Crippen LogP contribution in [0.5, 0.6) is 0 Å². The first-order valence-corrected chi connectivity index (χ1v) is 7.87. The molecule has 0 atom stereocenters. The highest BCUT2D eigenvalue weighted by molar-refractivity contribution is 6.22. The molecule has 0 amide bonds. The van der Waals surface area contributed by atoms with Gasteiger partial charge in [0.25, 0.3) is 0 Å². The van der Waals surface area contributed by atoms with E-state index in [4.69, 9.17) is 0 Å². The molecule has 0 aliphatic heterocycles. The zero-order valence-electron chi connectivity index (χ0n) is 12.8. The zero-order valence-corrected chi connectivity index (χ0v) is 12.8. The van der Waals surface area contributed by atoms with Gasteiger partial charge in [-0.15, -0.1) is 0 Å². The van der Waals surface area contributed by atoms with Gasteiger partial charge < -0.3 is 0 Å². The molecule has 0 bridgehead atoms. The Bertz CT molecular complexity index is 1220. The van der Waals surface area contributed by atoms with Crippen LogP contribution in [0.15, 0.2) is 48.5 Å². The van der Waals surface area contributed by atoms with Crippen molar-refractivity contribution in [3.8, 4) is 0 Å². The van der Waals surface area contributed by atoms with Crippen molar-refractivity contribution in [1.82, 2.24) is 0 Å². The van der Waals surface area contributed by atoms with E-state index in [0.717, 1.165) is 0 Å². The van der Waals surface area contributed by atoms with Gasteiger partial charge in [-0.1, -0.05) is 60.7 Å². The third-order valence-corrected chi connectivity index (χ3v) is 5.09. The van der Waals surface area contributed by atoms with Crippen LogP contribution in [-0.4, -0.2) is 0 Å². The molecule has 0 aromatic heterocycles. The summed E-state index contributed by atoms with van der Waals surface area (Å²) < 4.78 is 0. The van der Waals surface area contributed by atoms with Gasteiger partial charge in [-0.25, -0.2) is 0 Å². The van der Waals surface area contributed by atoms with Crippen LogP contribution in [0.4, 0.5) is 0 Å². The number of benzene rings is 4. The number of hydrogen-bond acceptors (Lipinski definition) is 0. The smallest absolute Gasteiger partial charge is 0.00139 e. The van der Waals surface area contributed by atoms with Gasteiger partial charge in [0, 0.05) is 0 Å². The molecule has 5 rings (SSSR count). The van der Waals surface area contributed by atoms with E-state index < -0.39 is 0 Å². The first-order chi connectivity index (χ1) is 10.8. The van der Waals surface area contributed by atoms with Gasteiger partial charge >= 0.3 is 0 Å². The fourth-order valence-electron chi connectivity index (χ4n) is 4.10. The van der Waals surface area contributed by atoms with Crippen LogP contribution in [-0.2, 0) is 0 Å². The lowest BCUT2D eigenvalue weighted by Gasteiger charge is -2.04. The average molecular weight is 280 g/mol. The van der Waals surface area contributed by atoms with Crippen LogP contribution in [0.1, 0.15) is 13.8 Å². The summed E-state index contributed by atoms with van der Waals surface area (Å²) in [5.41, 5.74) is 0. The Balaban J connectivity index is 2.45. The van der Waals surface area contributed by atoms with E-state index in [1.165, 1.54) is 53.2 Å². The molecule has 0 saturated carbocycles. The first kappa shape index (κ1) is 12.0. The van der Waals surface area contributed by atoms with Gasteiger partial charge in [-0.05, 0) is 67.0 Å². The van der Waals surface area contributed by atoms with Crippen molar-refractivity contribution in [3.63, 3.8) is 0 Å².